The van der Waals surface area contributed by atoms with E-state index in [2.05, 4.69) is 25.9 Å². The van der Waals surface area contributed by atoms with Crippen molar-refractivity contribution in [2.24, 2.45) is 0 Å². The van der Waals surface area contributed by atoms with Crippen molar-refractivity contribution in [2.75, 3.05) is 11.5 Å². The molecule has 1 aromatic carbocycles. The Balaban J connectivity index is 2.87. The molecule has 0 amide bonds. The highest BCUT2D eigenvalue weighted by molar-refractivity contribution is 9.10. The number of rotatable bonds is 1. The van der Waals surface area contributed by atoms with Gasteiger partial charge in [0.05, 0.1) is 10.0 Å². The zero-order valence-electron chi connectivity index (χ0n) is 9.42. The van der Waals surface area contributed by atoms with Gasteiger partial charge < -0.3 is 21.7 Å². The van der Waals surface area contributed by atoms with Crippen LogP contribution in [0, 0.1) is 11.3 Å². The molecule has 0 aliphatic rings. The average Bonchev–Trinajstić information content (AvgIpc) is 2.34. The lowest BCUT2D eigenvalue weighted by Crippen LogP contribution is -2.05. The molecule has 2 aromatic rings. The normalized spacial score (nSPS) is 10.1. The molecule has 0 bridgehead atoms. The van der Waals surface area contributed by atoms with E-state index in [9.17, 15) is 10.2 Å². The maximum Gasteiger partial charge on any atom is 0.222 e. The molecule has 0 aliphatic carbocycles. The molecule has 19 heavy (non-hydrogen) atoms. The van der Waals surface area contributed by atoms with Gasteiger partial charge in [0.1, 0.15) is 34.6 Å². The summed E-state index contributed by atoms with van der Waals surface area (Å²) in [6, 6.07) is 4.41. The molecule has 1 aromatic heterocycles. The Hall–Kier alpha value is -2.53. The highest BCUT2D eigenvalue weighted by Gasteiger charge is 2.20. The molecule has 0 fully saturated rings. The second kappa shape index (κ2) is 4.62. The van der Waals surface area contributed by atoms with Crippen LogP contribution in [0.4, 0.5) is 11.8 Å². The minimum absolute atomic E-state index is 0.0317. The van der Waals surface area contributed by atoms with Crippen LogP contribution in [0.1, 0.15) is 5.56 Å². The molecular weight excluding hydrogens is 314 g/mol. The van der Waals surface area contributed by atoms with E-state index in [1.807, 2.05) is 6.07 Å². The van der Waals surface area contributed by atoms with Crippen LogP contribution < -0.4 is 11.5 Å². The van der Waals surface area contributed by atoms with Gasteiger partial charge >= 0.3 is 0 Å². The smallest absolute Gasteiger partial charge is 0.222 e. The molecule has 0 atom stereocenters. The van der Waals surface area contributed by atoms with Gasteiger partial charge in [0.15, 0.2) is 0 Å². The number of aromatic nitrogens is 2. The number of phenolic OH excluding ortho intramolecular Hbond substituents is 2. The van der Waals surface area contributed by atoms with E-state index in [1.54, 1.807) is 0 Å². The Morgan fingerprint density at radius 1 is 1.16 bits per heavy atom. The average molecular weight is 322 g/mol. The number of phenols is 2. The van der Waals surface area contributed by atoms with E-state index in [4.69, 9.17) is 16.7 Å². The van der Waals surface area contributed by atoms with Gasteiger partial charge in [-0.25, -0.2) is 4.98 Å². The summed E-state index contributed by atoms with van der Waals surface area (Å²) in [6.07, 6.45) is 0. The maximum absolute atomic E-state index is 9.88. The summed E-state index contributed by atoms with van der Waals surface area (Å²) in [4.78, 5) is 7.58. The van der Waals surface area contributed by atoms with E-state index in [0.29, 0.717) is 0 Å². The molecule has 0 aliphatic heterocycles. The van der Waals surface area contributed by atoms with Crippen molar-refractivity contribution in [1.82, 2.24) is 9.97 Å². The second-order valence-corrected chi connectivity index (χ2v) is 4.39. The number of nitrogens with zero attached hydrogens (tertiary/aromatic N) is 3. The lowest BCUT2D eigenvalue weighted by molar-refractivity contribution is 0.459. The Morgan fingerprint density at radius 2 is 1.79 bits per heavy atom. The number of nitrogen functional groups attached to an aromatic ring is 2. The lowest BCUT2D eigenvalue weighted by atomic mass is 10.1. The topological polar surface area (TPSA) is 142 Å². The fourth-order valence-electron chi connectivity index (χ4n) is 1.57. The Kier molecular flexibility index (Phi) is 3.14. The summed E-state index contributed by atoms with van der Waals surface area (Å²) in [7, 11) is 0. The van der Waals surface area contributed by atoms with E-state index < -0.39 is 0 Å². The highest BCUT2D eigenvalue weighted by atomic mass is 79.9. The zero-order valence-corrected chi connectivity index (χ0v) is 11.0. The third-order valence-corrected chi connectivity index (χ3v) is 3.21. The molecule has 0 radical (unpaired) electrons. The first-order chi connectivity index (χ1) is 8.95. The summed E-state index contributed by atoms with van der Waals surface area (Å²) in [5, 5.41) is 28.6. The molecule has 0 saturated carbocycles. The number of halogens is 1. The Morgan fingerprint density at radius 3 is 2.42 bits per heavy atom. The number of hydrogen-bond acceptors (Lipinski definition) is 7. The Labute approximate surface area is 116 Å². The van der Waals surface area contributed by atoms with E-state index >= 15 is 0 Å². The predicted octanol–water partition coefficient (Wildman–Crippen LogP) is 1.35. The molecular formula is C11H8BrN5O2. The quantitative estimate of drug-likeness (QED) is 0.580. The summed E-state index contributed by atoms with van der Waals surface area (Å²) >= 11 is 3.12. The van der Waals surface area contributed by atoms with Crippen molar-refractivity contribution < 1.29 is 10.2 Å². The van der Waals surface area contributed by atoms with E-state index in [-0.39, 0.29) is 44.6 Å². The molecule has 0 spiro atoms. The minimum atomic E-state index is -0.182. The molecule has 0 unspecified atom stereocenters. The standard InChI is InChI=1S/C11H8BrN5O2/c12-8-6(19)2-1-5(18)7(8)9-4(3-13)10(14)17-11(15)16-9/h1-2,18-19H,(H4,14,15,16,17). The molecule has 1 heterocycles. The zero-order chi connectivity index (χ0) is 14.2. The monoisotopic (exact) mass is 321 g/mol. The summed E-state index contributed by atoms with van der Waals surface area (Å²) in [6.45, 7) is 0. The van der Waals surface area contributed by atoms with Crippen LogP contribution in [0.3, 0.4) is 0 Å². The lowest BCUT2D eigenvalue weighted by Gasteiger charge is -2.11. The van der Waals surface area contributed by atoms with Gasteiger partial charge in [0.2, 0.25) is 5.95 Å². The fourth-order valence-corrected chi connectivity index (χ4v) is 2.09. The molecule has 0 saturated heterocycles. The van der Waals surface area contributed by atoms with E-state index in [0.717, 1.165) is 0 Å². The van der Waals surface area contributed by atoms with Crippen molar-refractivity contribution in [3.05, 3.63) is 22.2 Å². The molecule has 2 rings (SSSR count). The number of nitriles is 1. The van der Waals surface area contributed by atoms with Crippen molar-refractivity contribution in [3.8, 4) is 28.8 Å². The van der Waals surface area contributed by atoms with Crippen LogP contribution in [-0.4, -0.2) is 20.2 Å². The van der Waals surface area contributed by atoms with Gasteiger partial charge in [0.25, 0.3) is 0 Å². The van der Waals surface area contributed by atoms with Gasteiger partial charge in [-0.05, 0) is 28.1 Å². The minimum Gasteiger partial charge on any atom is -0.507 e. The molecule has 7 nitrogen and oxygen atoms in total. The number of nitrogens with two attached hydrogens (primary N) is 2. The van der Waals surface area contributed by atoms with Crippen LogP contribution >= 0.6 is 15.9 Å². The third kappa shape index (κ3) is 2.11. The van der Waals surface area contributed by atoms with Gasteiger partial charge in [0, 0.05) is 0 Å². The number of benzene rings is 1. The fraction of sp³-hybridized carbons (Fsp3) is 0. The third-order valence-electron chi connectivity index (χ3n) is 2.40. The van der Waals surface area contributed by atoms with Crippen molar-refractivity contribution in [1.29, 1.82) is 5.26 Å². The number of anilines is 2. The molecule has 6 N–H and O–H groups in total. The van der Waals surface area contributed by atoms with Gasteiger partial charge in [-0.15, -0.1) is 0 Å². The summed E-state index contributed by atoms with van der Waals surface area (Å²) in [5.74, 6) is -0.535. The van der Waals surface area contributed by atoms with Crippen molar-refractivity contribution in [3.63, 3.8) is 0 Å². The number of hydrogen-bond donors (Lipinski definition) is 4. The summed E-state index contributed by atoms with van der Waals surface area (Å²) in [5.41, 5.74) is 11.2. The second-order valence-electron chi connectivity index (χ2n) is 3.60. The van der Waals surface area contributed by atoms with Gasteiger partial charge in [-0.3, -0.25) is 0 Å². The van der Waals surface area contributed by atoms with Crippen LogP contribution in [0.25, 0.3) is 11.3 Å². The SMILES string of the molecule is N#Cc1c(N)nc(N)nc1-c1c(O)ccc(O)c1Br. The van der Waals surface area contributed by atoms with Crippen LogP contribution in [0.2, 0.25) is 0 Å². The van der Waals surface area contributed by atoms with Crippen molar-refractivity contribution in [2.45, 2.75) is 0 Å². The maximum atomic E-state index is 9.88. The largest absolute Gasteiger partial charge is 0.507 e. The number of aromatic hydroxyl groups is 2. The van der Waals surface area contributed by atoms with Crippen LogP contribution in [0.15, 0.2) is 16.6 Å². The van der Waals surface area contributed by atoms with Gasteiger partial charge in [-0.2, -0.15) is 10.2 Å². The van der Waals surface area contributed by atoms with Crippen LogP contribution in [0.5, 0.6) is 11.5 Å². The predicted molar refractivity (Wildman–Crippen MR) is 72.0 cm³/mol. The molecule has 96 valence electrons. The first kappa shape index (κ1) is 12.9. The van der Waals surface area contributed by atoms with E-state index in [1.165, 1.54) is 12.1 Å². The Bertz CT molecular complexity index is 711. The van der Waals surface area contributed by atoms with Crippen LogP contribution in [-0.2, 0) is 0 Å². The first-order valence-electron chi connectivity index (χ1n) is 4.99. The first-order valence-corrected chi connectivity index (χ1v) is 5.79. The van der Waals surface area contributed by atoms with Crippen molar-refractivity contribution >= 4 is 27.7 Å². The highest BCUT2D eigenvalue weighted by Crippen LogP contribution is 2.42. The molecule has 8 heteroatoms. The summed E-state index contributed by atoms with van der Waals surface area (Å²) < 4.78 is 0.182. The van der Waals surface area contributed by atoms with Gasteiger partial charge in [-0.1, -0.05) is 0 Å².